The molecule has 3 rings (SSSR count). The molecule has 22 heavy (non-hydrogen) atoms. The Morgan fingerprint density at radius 2 is 1.91 bits per heavy atom. The average molecular weight is 298 g/mol. The second kappa shape index (κ2) is 5.36. The molecule has 0 radical (unpaired) electrons. The van der Waals surface area contributed by atoms with E-state index in [0.29, 0.717) is 11.0 Å². The highest BCUT2D eigenvalue weighted by Gasteiger charge is 2.14. The van der Waals surface area contributed by atoms with Crippen LogP contribution in [0.3, 0.4) is 0 Å². The number of benzene rings is 1. The minimum absolute atomic E-state index is 0.0606. The Morgan fingerprint density at radius 3 is 2.68 bits per heavy atom. The first kappa shape index (κ1) is 13.9. The molecule has 1 amide bonds. The lowest BCUT2D eigenvalue weighted by atomic mass is 10.1. The van der Waals surface area contributed by atoms with Gasteiger partial charge in [-0.05, 0) is 36.8 Å². The van der Waals surface area contributed by atoms with E-state index in [2.05, 4.69) is 20.3 Å². The second-order valence-corrected chi connectivity index (χ2v) is 4.99. The lowest BCUT2D eigenvalue weighted by Gasteiger charge is -2.14. The van der Waals surface area contributed by atoms with Gasteiger partial charge in [0.15, 0.2) is 0 Å². The van der Waals surface area contributed by atoms with E-state index in [1.807, 2.05) is 6.07 Å². The summed E-state index contributed by atoms with van der Waals surface area (Å²) in [5.41, 5.74) is 1.54. The predicted molar refractivity (Wildman–Crippen MR) is 81.9 cm³/mol. The van der Waals surface area contributed by atoms with Gasteiger partial charge in [0.1, 0.15) is 5.56 Å². The molecule has 0 bridgehead atoms. The summed E-state index contributed by atoms with van der Waals surface area (Å²) in [6.45, 7) is 1.81. The van der Waals surface area contributed by atoms with Crippen molar-refractivity contribution >= 4 is 16.9 Å². The Morgan fingerprint density at radius 1 is 1.14 bits per heavy atom. The molecular weight excluding hydrogens is 284 g/mol. The standard InChI is InChI=1S/C15H14N4O3/c1-8(17-14(21)10-3-2-6-16-13(10)20)9-4-5-11-12(7-9)19-15(22)18-11/h2-8H,1H3,(H,16,20)(H,17,21)(H2,18,19,22)/t8-/m0/s1. The minimum Gasteiger partial charge on any atom is -0.345 e. The van der Waals surface area contributed by atoms with E-state index in [1.165, 1.54) is 12.3 Å². The molecule has 7 nitrogen and oxygen atoms in total. The highest BCUT2D eigenvalue weighted by molar-refractivity contribution is 5.94. The largest absolute Gasteiger partial charge is 0.345 e. The van der Waals surface area contributed by atoms with Crippen LogP contribution in [0.2, 0.25) is 0 Å². The molecule has 0 aliphatic rings. The number of rotatable bonds is 3. The zero-order valence-electron chi connectivity index (χ0n) is 11.8. The van der Waals surface area contributed by atoms with E-state index in [4.69, 9.17) is 0 Å². The predicted octanol–water partition coefficient (Wildman–Crippen LogP) is 1.04. The maximum atomic E-state index is 12.1. The van der Waals surface area contributed by atoms with Crippen LogP contribution in [0.15, 0.2) is 46.1 Å². The quantitative estimate of drug-likeness (QED) is 0.579. The van der Waals surface area contributed by atoms with Crippen LogP contribution in [0.25, 0.3) is 11.0 Å². The molecule has 0 fully saturated rings. The Balaban J connectivity index is 1.85. The van der Waals surface area contributed by atoms with Crippen LogP contribution in [0.5, 0.6) is 0 Å². The molecule has 0 spiro atoms. The monoisotopic (exact) mass is 298 g/mol. The van der Waals surface area contributed by atoms with Crippen LogP contribution in [0, 0.1) is 0 Å². The molecule has 2 aromatic heterocycles. The summed E-state index contributed by atoms with van der Waals surface area (Å²) in [4.78, 5) is 42.8. The van der Waals surface area contributed by atoms with Crippen molar-refractivity contribution in [3.63, 3.8) is 0 Å². The number of H-pyrrole nitrogens is 3. The Bertz CT molecular complexity index is 951. The van der Waals surface area contributed by atoms with Gasteiger partial charge in [-0.15, -0.1) is 0 Å². The van der Waals surface area contributed by atoms with Gasteiger partial charge in [0.05, 0.1) is 17.1 Å². The number of nitrogens with one attached hydrogen (secondary N) is 4. The third-order valence-electron chi connectivity index (χ3n) is 3.45. The number of fused-ring (bicyclic) bond motifs is 1. The molecular formula is C15H14N4O3. The van der Waals surface area contributed by atoms with Crippen molar-refractivity contribution in [2.75, 3.05) is 0 Å². The van der Waals surface area contributed by atoms with E-state index in [0.717, 1.165) is 5.56 Å². The topological polar surface area (TPSA) is 111 Å². The maximum absolute atomic E-state index is 12.1. The first-order valence-electron chi connectivity index (χ1n) is 6.75. The fourth-order valence-electron chi connectivity index (χ4n) is 2.28. The van der Waals surface area contributed by atoms with Crippen molar-refractivity contribution in [2.45, 2.75) is 13.0 Å². The SMILES string of the molecule is C[C@H](NC(=O)c1ccc[nH]c1=O)c1ccc2[nH]c(=O)[nH]c2c1. The summed E-state index contributed by atoms with van der Waals surface area (Å²) in [7, 11) is 0. The second-order valence-electron chi connectivity index (χ2n) is 4.99. The van der Waals surface area contributed by atoms with E-state index < -0.39 is 11.5 Å². The Hall–Kier alpha value is -3.09. The zero-order chi connectivity index (χ0) is 15.7. The van der Waals surface area contributed by atoms with Gasteiger partial charge in [-0.1, -0.05) is 6.07 Å². The minimum atomic E-state index is -0.447. The average Bonchev–Trinajstić information content (AvgIpc) is 2.86. The van der Waals surface area contributed by atoms with E-state index in [-0.39, 0.29) is 17.3 Å². The summed E-state index contributed by atoms with van der Waals surface area (Å²) < 4.78 is 0. The first-order chi connectivity index (χ1) is 10.5. The van der Waals surface area contributed by atoms with Crippen LogP contribution in [-0.2, 0) is 0 Å². The van der Waals surface area contributed by atoms with E-state index >= 15 is 0 Å². The molecule has 0 unspecified atom stereocenters. The van der Waals surface area contributed by atoms with Gasteiger partial charge in [0, 0.05) is 6.20 Å². The molecule has 1 atom stereocenters. The van der Waals surface area contributed by atoms with E-state index in [1.54, 1.807) is 25.1 Å². The molecule has 0 aliphatic heterocycles. The highest BCUT2D eigenvalue weighted by Crippen LogP contribution is 2.17. The van der Waals surface area contributed by atoms with Crippen molar-refractivity contribution < 1.29 is 4.79 Å². The van der Waals surface area contributed by atoms with Crippen LogP contribution < -0.4 is 16.6 Å². The molecule has 4 N–H and O–H groups in total. The normalized spacial score (nSPS) is 12.2. The number of carbonyl (C=O) groups excluding carboxylic acids is 1. The van der Waals surface area contributed by atoms with Crippen molar-refractivity contribution in [1.82, 2.24) is 20.3 Å². The van der Waals surface area contributed by atoms with Crippen LogP contribution in [0.4, 0.5) is 0 Å². The number of aromatic nitrogens is 3. The molecule has 112 valence electrons. The molecule has 0 saturated carbocycles. The number of hydrogen-bond acceptors (Lipinski definition) is 3. The van der Waals surface area contributed by atoms with Crippen LogP contribution in [0.1, 0.15) is 28.9 Å². The third-order valence-corrected chi connectivity index (χ3v) is 3.45. The number of imidazole rings is 1. The zero-order valence-corrected chi connectivity index (χ0v) is 11.8. The van der Waals surface area contributed by atoms with E-state index in [9.17, 15) is 14.4 Å². The Labute approximate surface area is 124 Å². The van der Waals surface area contributed by atoms with Gasteiger partial charge in [-0.25, -0.2) is 4.79 Å². The molecule has 1 aromatic carbocycles. The summed E-state index contributed by atoms with van der Waals surface area (Å²) in [6, 6.07) is 8.11. The van der Waals surface area contributed by atoms with Gasteiger partial charge in [0.25, 0.3) is 11.5 Å². The van der Waals surface area contributed by atoms with Crippen molar-refractivity contribution in [1.29, 1.82) is 0 Å². The number of aromatic amines is 3. The van der Waals surface area contributed by atoms with Crippen molar-refractivity contribution in [2.24, 2.45) is 0 Å². The number of carbonyl (C=O) groups is 1. The lowest BCUT2D eigenvalue weighted by molar-refractivity contribution is 0.0938. The fraction of sp³-hybridized carbons (Fsp3) is 0.133. The molecule has 0 aliphatic carbocycles. The number of hydrogen-bond donors (Lipinski definition) is 4. The number of amides is 1. The summed E-state index contributed by atoms with van der Waals surface area (Å²) in [6.07, 6.45) is 1.47. The maximum Gasteiger partial charge on any atom is 0.323 e. The third kappa shape index (κ3) is 2.56. The smallest absolute Gasteiger partial charge is 0.323 e. The van der Waals surface area contributed by atoms with Gasteiger partial charge >= 0.3 is 5.69 Å². The van der Waals surface area contributed by atoms with Gasteiger partial charge in [-0.3, -0.25) is 9.59 Å². The highest BCUT2D eigenvalue weighted by atomic mass is 16.2. The Kier molecular flexibility index (Phi) is 3.38. The molecule has 2 heterocycles. The molecule has 3 aromatic rings. The van der Waals surface area contributed by atoms with Crippen LogP contribution in [-0.4, -0.2) is 20.9 Å². The van der Waals surface area contributed by atoms with Crippen molar-refractivity contribution in [3.8, 4) is 0 Å². The lowest BCUT2D eigenvalue weighted by Crippen LogP contribution is -2.31. The molecule has 0 saturated heterocycles. The van der Waals surface area contributed by atoms with Gasteiger partial charge in [0.2, 0.25) is 0 Å². The molecule has 7 heteroatoms. The summed E-state index contributed by atoms with van der Waals surface area (Å²) >= 11 is 0. The summed E-state index contributed by atoms with van der Waals surface area (Å²) in [5.74, 6) is -0.447. The number of pyridine rings is 1. The fourth-order valence-corrected chi connectivity index (χ4v) is 2.28. The first-order valence-corrected chi connectivity index (χ1v) is 6.75. The van der Waals surface area contributed by atoms with Gasteiger partial charge < -0.3 is 20.3 Å². The van der Waals surface area contributed by atoms with Crippen LogP contribution >= 0.6 is 0 Å². The van der Waals surface area contributed by atoms with Gasteiger partial charge in [-0.2, -0.15) is 0 Å². The van der Waals surface area contributed by atoms with Crippen molar-refractivity contribution in [3.05, 3.63) is 68.5 Å². The summed E-state index contributed by atoms with van der Waals surface area (Å²) in [5, 5.41) is 2.76.